The molecule has 1 N–H and O–H groups in total. The van der Waals surface area contributed by atoms with Crippen molar-refractivity contribution in [2.75, 3.05) is 32.1 Å². The van der Waals surface area contributed by atoms with E-state index in [0.717, 1.165) is 30.9 Å². The Balaban J connectivity index is 1.65. The lowest BCUT2D eigenvalue weighted by Gasteiger charge is -2.31. The van der Waals surface area contributed by atoms with Gasteiger partial charge in [0.25, 0.3) is 5.91 Å². The molecule has 0 spiro atoms. The van der Waals surface area contributed by atoms with Crippen LogP contribution >= 0.6 is 0 Å². The van der Waals surface area contributed by atoms with Crippen LogP contribution in [0.4, 0.5) is 5.69 Å². The summed E-state index contributed by atoms with van der Waals surface area (Å²) in [6, 6.07) is 6.08. The zero-order valence-corrected chi connectivity index (χ0v) is 12.3. The molecule has 2 aliphatic heterocycles. The van der Waals surface area contributed by atoms with E-state index >= 15 is 0 Å². The van der Waals surface area contributed by atoms with Gasteiger partial charge in [0.15, 0.2) is 6.61 Å². The minimum Gasteiger partial charge on any atom is -0.482 e. The van der Waals surface area contributed by atoms with Gasteiger partial charge in [-0.25, -0.2) is 0 Å². The third-order valence-electron chi connectivity index (χ3n) is 4.01. The smallest absolute Gasteiger partial charge is 0.398 e. The molecule has 6 heteroatoms. The number of hydrogen-bond acceptors (Lipinski definition) is 4. The van der Waals surface area contributed by atoms with Crippen molar-refractivity contribution in [2.45, 2.75) is 19.3 Å². The fourth-order valence-corrected chi connectivity index (χ4v) is 3.10. The van der Waals surface area contributed by atoms with E-state index in [2.05, 4.69) is 16.2 Å². The van der Waals surface area contributed by atoms with Gasteiger partial charge in [-0.05, 0) is 56.0 Å². The number of rotatable bonds is 4. The Morgan fingerprint density at radius 1 is 1.52 bits per heavy atom. The van der Waals surface area contributed by atoms with Crippen LogP contribution in [0.2, 0.25) is 0 Å². The summed E-state index contributed by atoms with van der Waals surface area (Å²) in [5.74, 6) is 1.29. The van der Waals surface area contributed by atoms with Crippen LogP contribution in [0, 0.1) is 5.92 Å². The normalized spacial score (nSPS) is 22.1. The van der Waals surface area contributed by atoms with Crippen molar-refractivity contribution in [2.24, 2.45) is 5.92 Å². The highest BCUT2D eigenvalue weighted by Gasteiger charge is 2.22. The fraction of sp³-hybridized carbons (Fsp3) is 0.533. The van der Waals surface area contributed by atoms with Crippen LogP contribution in [0.15, 0.2) is 18.2 Å². The molecule has 1 atom stereocenters. The predicted molar refractivity (Wildman–Crippen MR) is 81.3 cm³/mol. The van der Waals surface area contributed by atoms with Crippen LogP contribution in [0.1, 0.15) is 18.4 Å². The number of piperidine rings is 1. The molecule has 3 rings (SSSR count). The van der Waals surface area contributed by atoms with Crippen LogP contribution in [0.5, 0.6) is 5.75 Å². The lowest BCUT2D eigenvalue weighted by Crippen LogP contribution is -2.39. The summed E-state index contributed by atoms with van der Waals surface area (Å²) in [6.07, 6.45) is 3.43. The van der Waals surface area contributed by atoms with Gasteiger partial charge in [-0.15, -0.1) is 0 Å². The maximum atomic E-state index is 11.4. The molecule has 1 radical (unpaired) electrons. The Kier molecular flexibility index (Phi) is 4.46. The summed E-state index contributed by atoms with van der Waals surface area (Å²) in [6.45, 7) is 2.20. The minimum atomic E-state index is -0.0850. The second kappa shape index (κ2) is 6.49. The van der Waals surface area contributed by atoms with Gasteiger partial charge in [0.05, 0.1) is 5.69 Å². The van der Waals surface area contributed by atoms with Gasteiger partial charge in [-0.1, -0.05) is 6.07 Å². The van der Waals surface area contributed by atoms with Crippen molar-refractivity contribution in [1.29, 1.82) is 0 Å². The number of benzene rings is 1. The zero-order chi connectivity index (χ0) is 14.7. The van der Waals surface area contributed by atoms with E-state index in [4.69, 9.17) is 9.39 Å². The van der Waals surface area contributed by atoms with Gasteiger partial charge >= 0.3 is 7.62 Å². The first kappa shape index (κ1) is 14.4. The molecular formula is C15H20BN2O3. The van der Waals surface area contributed by atoms with Crippen LogP contribution < -0.4 is 10.1 Å². The summed E-state index contributed by atoms with van der Waals surface area (Å²) in [5.41, 5.74) is 2.03. The summed E-state index contributed by atoms with van der Waals surface area (Å²) in [5, 5.41) is 2.87. The number of ether oxygens (including phenoxy) is 1. The highest BCUT2D eigenvalue weighted by molar-refractivity contribution is 6.23. The predicted octanol–water partition coefficient (Wildman–Crippen LogP) is 1.45. The minimum absolute atomic E-state index is 0.0850. The molecule has 0 aromatic heterocycles. The Morgan fingerprint density at radius 3 is 3.29 bits per heavy atom. The van der Waals surface area contributed by atoms with E-state index in [0.29, 0.717) is 5.92 Å². The number of anilines is 1. The van der Waals surface area contributed by atoms with Crippen LogP contribution in [-0.4, -0.2) is 45.1 Å². The summed E-state index contributed by atoms with van der Waals surface area (Å²) in [7, 11) is 3.50. The third-order valence-corrected chi connectivity index (χ3v) is 4.01. The Bertz CT molecular complexity index is 522. The van der Waals surface area contributed by atoms with Crippen LogP contribution in [-0.2, 0) is 15.9 Å². The van der Waals surface area contributed by atoms with Gasteiger partial charge in [0.2, 0.25) is 0 Å². The summed E-state index contributed by atoms with van der Waals surface area (Å²) < 4.78 is 10.5. The maximum Gasteiger partial charge on any atom is 0.398 e. The summed E-state index contributed by atoms with van der Waals surface area (Å²) in [4.78, 5) is 13.6. The Hall–Kier alpha value is -1.53. The van der Waals surface area contributed by atoms with Crippen molar-refractivity contribution in [3.8, 4) is 5.75 Å². The molecule has 1 unspecified atom stereocenters. The van der Waals surface area contributed by atoms with E-state index in [-0.39, 0.29) is 12.5 Å². The molecule has 0 aliphatic carbocycles. The number of nitrogens with zero attached hydrogens (tertiary/aromatic N) is 1. The molecule has 1 saturated heterocycles. The molecule has 1 fully saturated rings. The van der Waals surface area contributed by atoms with Gasteiger partial charge in [0.1, 0.15) is 5.75 Å². The van der Waals surface area contributed by atoms with Crippen molar-refractivity contribution in [3.05, 3.63) is 23.8 Å². The first-order valence-corrected chi connectivity index (χ1v) is 7.40. The number of hydrogen-bond donors (Lipinski definition) is 1. The molecule has 1 aromatic carbocycles. The Labute approximate surface area is 125 Å². The quantitative estimate of drug-likeness (QED) is 0.852. The molecule has 1 amide bonds. The SMILES string of the molecule is CO[B]N1CCCC(Cc2ccc3c(c2)NC(=O)CO3)C1. The van der Waals surface area contributed by atoms with E-state index in [1.54, 1.807) is 7.11 Å². The molecule has 1 aromatic rings. The number of carbonyl (C=O) groups excluding carboxylic acids is 1. The summed E-state index contributed by atoms with van der Waals surface area (Å²) >= 11 is 0. The molecule has 21 heavy (non-hydrogen) atoms. The van der Waals surface area contributed by atoms with E-state index in [9.17, 15) is 4.79 Å². The molecule has 0 bridgehead atoms. The highest BCUT2D eigenvalue weighted by Crippen LogP contribution is 2.30. The molecule has 111 valence electrons. The molecule has 2 heterocycles. The van der Waals surface area contributed by atoms with E-state index < -0.39 is 0 Å². The van der Waals surface area contributed by atoms with Gasteiger partial charge < -0.3 is 19.5 Å². The van der Waals surface area contributed by atoms with E-state index in [1.807, 2.05) is 19.7 Å². The van der Waals surface area contributed by atoms with E-state index in [1.165, 1.54) is 18.4 Å². The zero-order valence-electron chi connectivity index (χ0n) is 12.3. The molecule has 2 aliphatic rings. The number of carbonyl (C=O) groups is 1. The molecule has 5 nitrogen and oxygen atoms in total. The first-order chi connectivity index (χ1) is 10.2. The van der Waals surface area contributed by atoms with Gasteiger partial charge in [-0.3, -0.25) is 4.79 Å². The third kappa shape index (κ3) is 3.57. The average molecular weight is 287 g/mol. The lowest BCUT2D eigenvalue weighted by molar-refractivity contribution is -0.118. The van der Waals surface area contributed by atoms with Crippen molar-refractivity contribution in [1.82, 2.24) is 4.81 Å². The monoisotopic (exact) mass is 287 g/mol. The highest BCUT2D eigenvalue weighted by atomic mass is 16.5. The number of fused-ring (bicyclic) bond motifs is 1. The standard InChI is InChI=1S/C15H20BN2O3/c1-20-16-18-6-2-3-12(9-18)7-11-4-5-14-13(8-11)17-15(19)10-21-14/h4-5,8,12H,2-3,6-7,9-10H2,1H3,(H,17,19). The van der Waals surface area contributed by atoms with Gasteiger partial charge in [0, 0.05) is 7.11 Å². The number of amides is 1. The lowest BCUT2D eigenvalue weighted by atomic mass is 9.89. The van der Waals surface area contributed by atoms with Crippen molar-refractivity contribution >= 4 is 19.2 Å². The molecule has 0 saturated carbocycles. The Morgan fingerprint density at radius 2 is 2.43 bits per heavy atom. The van der Waals surface area contributed by atoms with Crippen molar-refractivity contribution in [3.63, 3.8) is 0 Å². The fourth-order valence-electron chi connectivity index (χ4n) is 3.10. The van der Waals surface area contributed by atoms with Crippen molar-refractivity contribution < 1.29 is 14.2 Å². The number of nitrogens with one attached hydrogen (secondary N) is 1. The second-order valence-electron chi connectivity index (χ2n) is 5.72. The van der Waals surface area contributed by atoms with Crippen LogP contribution in [0.25, 0.3) is 0 Å². The van der Waals surface area contributed by atoms with Gasteiger partial charge in [-0.2, -0.15) is 0 Å². The molecular weight excluding hydrogens is 267 g/mol. The maximum absolute atomic E-state index is 11.4. The topological polar surface area (TPSA) is 50.8 Å². The average Bonchev–Trinajstić information content (AvgIpc) is 2.47. The second-order valence-corrected chi connectivity index (χ2v) is 5.72. The largest absolute Gasteiger partial charge is 0.482 e. The van der Waals surface area contributed by atoms with Crippen LogP contribution in [0.3, 0.4) is 0 Å². The first-order valence-electron chi connectivity index (χ1n) is 7.40.